The van der Waals surface area contributed by atoms with E-state index in [1.807, 2.05) is 0 Å². The van der Waals surface area contributed by atoms with E-state index < -0.39 is 74.5 Å². The molecule has 15 nitrogen and oxygen atoms in total. The van der Waals surface area contributed by atoms with Gasteiger partial charge in [-0.3, -0.25) is 0 Å². The van der Waals surface area contributed by atoms with Crippen molar-refractivity contribution in [3.8, 4) is 28.7 Å². The molecule has 0 radical (unpaired) electrons. The van der Waals surface area contributed by atoms with Crippen molar-refractivity contribution in [1.29, 1.82) is 0 Å². The number of hydrogen-bond acceptors (Lipinski definition) is 15. The van der Waals surface area contributed by atoms with Crippen LogP contribution in [0.15, 0.2) is 36.4 Å². The number of aliphatic hydroxyl groups is 5. The number of ether oxygens (including phenoxy) is 7. The number of phenols is 2. The Morgan fingerprint density at radius 2 is 1.71 bits per heavy atom. The van der Waals surface area contributed by atoms with E-state index in [9.17, 15) is 40.5 Å². The van der Waals surface area contributed by atoms with Crippen LogP contribution in [0, 0.1) is 0 Å². The normalized spacial score (nSPS) is 31.4. The summed E-state index contributed by atoms with van der Waals surface area (Å²) in [6, 6.07) is 7.62. The zero-order chi connectivity index (χ0) is 29.9. The highest BCUT2D eigenvalue weighted by Crippen LogP contribution is 2.36. The van der Waals surface area contributed by atoms with Crippen LogP contribution in [0.2, 0.25) is 0 Å². The van der Waals surface area contributed by atoms with Gasteiger partial charge in [0.2, 0.25) is 6.29 Å². The molecule has 4 rings (SSSR count). The molecule has 2 aliphatic rings. The van der Waals surface area contributed by atoms with Gasteiger partial charge in [0.25, 0.3) is 0 Å². The van der Waals surface area contributed by atoms with Gasteiger partial charge in [0.05, 0.1) is 33.0 Å². The summed E-state index contributed by atoms with van der Waals surface area (Å²) >= 11 is 0. The van der Waals surface area contributed by atoms with Crippen molar-refractivity contribution in [2.75, 3.05) is 34.0 Å². The molecule has 2 aliphatic heterocycles. The average molecular weight is 585 g/mol. The molecule has 0 aromatic heterocycles. The Kier molecular flexibility index (Phi) is 9.41. The fourth-order valence-electron chi connectivity index (χ4n) is 4.31. The maximum Gasteiger partial charge on any atom is 0.338 e. The molecule has 2 aromatic rings. The lowest BCUT2D eigenvalue weighted by Crippen LogP contribution is -2.62. The second-order valence-electron chi connectivity index (χ2n) is 9.45. The Bertz CT molecular complexity index is 1210. The fraction of sp³-hybridized carbons (Fsp3) is 0.500. The van der Waals surface area contributed by atoms with Crippen LogP contribution in [0.4, 0.5) is 0 Å². The Morgan fingerprint density at radius 1 is 0.976 bits per heavy atom. The fourth-order valence-corrected chi connectivity index (χ4v) is 4.31. The first kappa shape index (κ1) is 30.5. The lowest BCUT2D eigenvalue weighted by molar-refractivity contribution is -0.319. The molecule has 15 heteroatoms. The number of carbonyl (C=O) groups excluding carboxylic acids is 1. The summed E-state index contributed by atoms with van der Waals surface area (Å²) in [5.74, 6) is -1.05. The van der Waals surface area contributed by atoms with Crippen molar-refractivity contribution < 1.29 is 73.7 Å². The molecule has 8 atom stereocenters. The van der Waals surface area contributed by atoms with E-state index in [4.69, 9.17) is 33.2 Å². The molecule has 2 fully saturated rings. The number of carbonyl (C=O) groups is 1. The third kappa shape index (κ3) is 6.42. The van der Waals surface area contributed by atoms with Crippen LogP contribution >= 0.6 is 0 Å². The van der Waals surface area contributed by atoms with Crippen molar-refractivity contribution in [2.24, 2.45) is 0 Å². The van der Waals surface area contributed by atoms with Crippen molar-refractivity contribution in [1.82, 2.24) is 0 Å². The molecular weight excluding hydrogens is 552 g/mol. The van der Waals surface area contributed by atoms with E-state index in [0.717, 1.165) is 0 Å². The van der Waals surface area contributed by atoms with E-state index >= 15 is 0 Å². The predicted octanol–water partition coefficient (Wildman–Crippen LogP) is -1.38. The summed E-state index contributed by atoms with van der Waals surface area (Å²) in [6.07, 6.45) is -11.1. The van der Waals surface area contributed by atoms with Gasteiger partial charge in [-0.15, -0.1) is 0 Å². The van der Waals surface area contributed by atoms with E-state index in [0.29, 0.717) is 0 Å². The summed E-state index contributed by atoms with van der Waals surface area (Å²) < 4.78 is 37.8. The maximum atomic E-state index is 12.5. The molecule has 226 valence electrons. The maximum absolute atomic E-state index is 12.5. The molecular formula is C26H32O15. The molecule has 2 heterocycles. The highest BCUT2D eigenvalue weighted by atomic mass is 16.8. The number of hydrogen-bond donors (Lipinski definition) is 7. The van der Waals surface area contributed by atoms with Crippen LogP contribution in [0.1, 0.15) is 10.4 Å². The number of aliphatic hydroxyl groups excluding tert-OH is 4. The van der Waals surface area contributed by atoms with Gasteiger partial charge in [0.1, 0.15) is 36.8 Å². The van der Waals surface area contributed by atoms with Gasteiger partial charge in [0.15, 0.2) is 41.0 Å². The second-order valence-corrected chi connectivity index (χ2v) is 9.45. The van der Waals surface area contributed by atoms with Crippen LogP contribution in [-0.4, -0.2) is 124 Å². The Hall–Kier alpha value is -3.41. The summed E-state index contributed by atoms with van der Waals surface area (Å²) in [6.45, 7) is -1.95. The smallest absolute Gasteiger partial charge is 0.338 e. The molecule has 2 aromatic carbocycles. The molecule has 2 saturated heterocycles. The number of aromatic hydroxyl groups is 2. The van der Waals surface area contributed by atoms with Crippen molar-refractivity contribution in [2.45, 2.75) is 48.7 Å². The van der Waals surface area contributed by atoms with Crippen molar-refractivity contribution in [3.63, 3.8) is 0 Å². The number of methoxy groups -OCH3 is 2. The first-order valence-electron chi connectivity index (χ1n) is 12.4. The Morgan fingerprint density at radius 3 is 2.39 bits per heavy atom. The Balaban J connectivity index is 1.46. The van der Waals surface area contributed by atoms with E-state index in [1.165, 1.54) is 50.6 Å². The van der Waals surface area contributed by atoms with Gasteiger partial charge in [-0.05, 0) is 30.3 Å². The number of phenolic OH excluding ortho intramolecular Hbond substituents is 2. The third-order valence-electron chi connectivity index (χ3n) is 6.68. The van der Waals surface area contributed by atoms with Crippen LogP contribution in [-0.2, 0) is 18.9 Å². The topological polar surface area (TPSA) is 223 Å². The van der Waals surface area contributed by atoms with Crippen LogP contribution in [0.5, 0.6) is 28.7 Å². The number of benzene rings is 2. The summed E-state index contributed by atoms with van der Waals surface area (Å²) in [4.78, 5) is 12.5. The zero-order valence-corrected chi connectivity index (χ0v) is 22.0. The highest BCUT2D eigenvalue weighted by molar-refractivity contribution is 5.90. The van der Waals surface area contributed by atoms with Crippen LogP contribution in [0.3, 0.4) is 0 Å². The minimum atomic E-state index is -2.13. The van der Waals surface area contributed by atoms with Crippen LogP contribution < -0.4 is 14.2 Å². The minimum Gasteiger partial charge on any atom is -0.508 e. The van der Waals surface area contributed by atoms with Gasteiger partial charge >= 0.3 is 5.97 Å². The second kappa shape index (κ2) is 12.6. The highest BCUT2D eigenvalue weighted by Gasteiger charge is 2.54. The van der Waals surface area contributed by atoms with Gasteiger partial charge in [-0.25, -0.2) is 4.79 Å². The number of esters is 1. The average Bonchev–Trinajstić information content (AvgIpc) is 3.25. The zero-order valence-electron chi connectivity index (χ0n) is 22.0. The summed E-state index contributed by atoms with van der Waals surface area (Å²) in [7, 11) is 2.62. The van der Waals surface area contributed by atoms with E-state index in [2.05, 4.69) is 0 Å². The molecule has 7 N–H and O–H groups in total. The van der Waals surface area contributed by atoms with Crippen LogP contribution in [0.25, 0.3) is 0 Å². The summed E-state index contributed by atoms with van der Waals surface area (Å²) in [5.41, 5.74) is -2.13. The molecule has 0 spiro atoms. The molecule has 0 bridgehead atoms. The molecule has 0 unspecified atom stereocenters. The largest absolute Gasteiger partial charge is 0.508 e. The van der Waals surface area contributed by atoms with E-state index in [1.54, 1.807) is 0 Å². The quantitative estimate of drug-likeness (QED) is 0.160. The SMILES string of the molecule is COc1cc(C(=O)OC[C@@]2(O)CO[C@@H](O[C@H]3[C@H](Oc4ccc(O)cc4OC)O[C@H](CO)[C@@H](O)[C@@H]3O)[C@@H]2O)ccc1O. The molecule has 0 aliphatic carbocycles. The lowest BCUT2D eigenvalue weighted by atomic mass is 9.98. The summed E-state index contributed by atoms with van der Waals surface area (Å²) in [5, 5.41) is 72.0. The van der Waals surface area contributed by atoms with E-state index in [-0.39, 0.29) is 34.3 Å². The van der Waals surface area contributed by atoms with Crippen molar-refractivity contribution in [3.05, 3.63) is 42.0 Å². The standard InChI is InChI=1S/C26H32O15/c1-35-16-7-12(3-5-14(16)29)23(33)37-10-26(34)11-38-25(22(26)32)41-21-20(31)19(30)18(9-27)40-24(21)39-15-6-4-13(28)8-17(15)36-2/h3-8,18-22,24-25,27-32,34H,9-11H2,1-2H3/t18-,19-,20+,21-,22+,24-,25+,26-/m1/s1. The van der Waals surface area contributed by atoms with Gasteiger partial charge < -0.3 is 68.9 Å². The monoisotopic (exact) mass is 584 g/mol. The van der Waals surface area contributed by atoms with Crippen molar-refractivity contribution >= 4 is 5.97 Å². The van der Waals surface area contributed by atoms with Gasteiger partial charge in [-0.2, -0.15) is 0 Å². The lowest BCUT2D eigenvalue weighted by Gasteiger charge is -2.42. The van der Waals surface area contributed by atoms with Gasteiger partial charge in [-0.1, -0.05) is 0 Å². The predicted molar refractivity (Wildman–Crippen MR) is 134 cm³/mol. The Labute approximate surface area is 233 Å². The molecule has 0 saturated carbocycles. The number of rotatable bonds is 10. The minimum absolute atomic E-state index is 0.00371. The van der Waals surface area contributed by atoms with Gasteiger partial charge in [0, 0.05) is 6.07 Å². The first-order chi connectivity index (χ1) is 19.5. The molecule has 41 heavy (non-hydrogen) atoms. The first-order valence-corrected chi connectivity index (χ1v) is 12.4. The molecule has 0 amide bonds. The third-order valence-corrected chi connectivity index (χ3v) is 6.68.